The molecule has 74 valence electrons. The highest BCUT2D eigenvalue weighted by Crippen LogP contribution is 2.26. The predicted octanol–water partition coefficient (Wildman–Crippen LogP) is 3.61. The van der Waals surface area contributed by atoms with E-state index in [1.807, 2.05) is 24.3 Å². The first-order chi connectivity index (χ1) is 6.92. The Labute approximate surface area is 83.5 Å². The van der Waals surface area contributed by atoms with Gasteiger partial charge in [-0.05, 0) is 18.6 Å². The topological polar surface area (TPSA) is 22.4 Å². The highest BCUT2D eigenvalue weighted by molar-refractivity contribution is 5.82. The molecule has 0 unspecified atom stereocenters. The van der Waals surface area contributed by atoms with E-state index in [4.69, 9.17) is 9.15 Å². The van der Waals surface area contributed by atoms with Crippen molar-refractivity contribution in [1.82, 2.24) is 0 Å². The van der Waals surface area contributed by atoms with E-state index in [0.29, 0.717) is 0 Å². The molecule has 0 atom stereocenters. The molecule has 0 aliphatic carbocycles. The van der Waals surface area contributed by atoms with Crippen molar-refractivity contribution in [3.8, 4) is 5.75 Å². The van der Waals surface area contributed by atoms with Gasteiger partial charge < -0.3 is 9.15 Å². The van der Waals surface area contributed by atoms with Crippen LogP contribution in [-0.4, -0.2) is 6.61 Å². The van der Waals surface area contributed by atoms with Crippen LogP contribution in [0, 0.1) is 0 Å². The summed E-state index contributed by atoms with van der Waals surface area (Å²) in [6.45, 7) is 2.91. The zero-order valence-corrected chi connectivity index (χ0v) is 8.32. The van der Waals surface area contributed by atoms with Gasteiger partial charge in [0.15, 0.2) is 11.3 Å². The van der Waals surface area contributed by atoms with E-state index in [-0.39, 0.29) is 0 Å². The lowest BCUT2D eigenvalue weighted by Crippen LogP contribution is -1.96. The number of unbranched alkanes of at least 4 members (excludes halogenated alkanes) is 1. The number of ether oxygens (including phenoxy) is 1. The first kappa shape index (κ1) is 9.13. The Balaban J connectivity index is 2.19. The number of hydrogen-bond donors (Lipinski definition) is 0. The summed E-state index contributed by atoms with van der Waals surface area (Å²) in [7, 11) is 0. The van der Waals surface area contributed by atoms with Gasteiger partial charge in [-0.15, -0.1) is 0 Å². The van der Waals surface area contributed by atoms with Crippen LogP contribution >= 0.6 is 0 Å². The van der Waals surface area contributed by atoms with Gasteiger partial charge in [-0.25, -0.2) is 0 Å². The lowest BCUT2D eigenvalue weighted by molar-refractivity contribution is 0.308. The van der Waals surface area contributed by atoms with Gasteiger partial charge in [-0.2, -0.15) is 0 Å². The first-order valence-corrected chi connectivity index (χ1v) is 5.01. The third-order valence-electron chi connectivity index (χ3n) is 2.20. The molecule has 1 heterocycles. The van der Waals surface area contributed by atoms with Crippen molar-refractivity contribution >= 4 is 11.0 Å². The number of fused-ring (bicyclic) bond motifs is 1. The molecule has 0 bridgehead atoms. The predicted molar refractivity (Wildman–Crippen MR) is 56.6 cm³/mol. The van der Waals surface area contributed by atoms with Gasteiger partial charge in [0.05, 0.1) is 12.9 Å². The molecule has 1 aromatic carbocycles. The van der Waals surface area contributed by atoms with Crippen LogP contribution in [0.25, 0.3) is 11.0 Å². The van der Waals surface area contributed by atoms with Gasteiger partial charge in [0, 0.05) is 5.39 Å². The molecule has 0 aliphatic heterocycles. The van der Waals surface area contributed by atoms with Crippen LogP contribution in [0.15, 0.2) is 34.9 Å². The minimum absolute atomic E-state index is 0.760. The minimum Gasteiger partial charge on any atom is -0.490 e. The molecule has 0 saturated heterocycles. The Morgan fingerprint density at radius 2 is 2.21 bits per heavy atom. The lowest BCUT2D eigenvalue weighted by Gasteiger charge is -2.04. The molecular weight excluding hydrogens is 176 g/mol. The van der Waals surface area contributed by atoms with E-state index in [1.54, 1.807) is 6.26 Å². The first-order valence-electron chi connectivity index (χ1n) is 5.01. The molecule has 0 radical (unpaired) electrons. The fourth-order valence-corrected chi connectivity index (χ4v) is 1.41. The number of benzene rings is 1. The lowest BCUT2D eigenvalue weighted by atomic mass is 10.2. The summed E-state index contributed by atoms with van der Waals surface area (Å²) in [6.07, 6.45) is 3.92. The van der Waals surface area contributed by atoms with Crippen molar-refractivity contribution in [1.29, 1.82) is 0 Å². The second-order valence-corrected chi connectivity index (χ2v) is 3.30. The zero-order valence-electron chi connectivity index (χ0n) is 8.32. The molecule has 0 aliphatic rings. The van der Waals surface area contributed by atoms with Crippen LogP contribution in [0.2, 0.25) is 0 Å². The summed E-state index contributed by atoms with van der Waals surface area (Å²) in [6, 6.07) is 7.90. The van der Waals surface area contributed by atoms with E-state index < -0.39 is 0 Å². The number of rotatable bonds is 4. The molecule has 14 heavy (non-hydrogen) atoms. The summed E-state index contributed by atoms with van der Waals surface area (Å²) >= 11 is 0. The molecule has 0 saturated carbocycles. The fraction of sp³-hybridized carbons (Fsp3) is 0.333. The molecule has 2 nitrogen and oxygen atoms in total. The Bertz CT molecular complexity index is 403. The van der Waals surface area contributed by atoms with Crippen LogP contribution in [0.5, 0.6) is 5.75 Å². The molecule has 0 fully saturated rings. The van der Waals surface area contributed by atoms with Crippen molar-refractivity contribution in [3.63, 3.8) is 0 Å². The van der Waals surface area contributed by atoms with E-state index in [2.05, 4.69) is 6.92 Å². The second kappa shape index (κ2) is 4.18. The van der Waals surface area contributed by atoms with Gasteiger partial charge >= 0.3 is 0 Å². The van der Waals surface area contributed by atoms with Crippen molar-refractivity contribution < 1.29 is 9.15 Å². The van der Waals surface area contributed by atoms with Crippen molar-refractivity contribution in [3.05, 3.63) is 30.5 Å². The Morgan fingerprint density at radius 1 is 1.29 bits per heavy atom. The van der Waals surface area contributed by atoms with Crippen LogP contribution in [0.4, 0.5) is 0 Å². The molecule has 0 spiro atoms. The highest BCUT2D eigenvalue weighted by Gasteiger charge is 2.03. The quantitative estimate of drug-likeness (QED) is 0.687. The van der Waals surface area contributed by atoms with E-state index in [1.165, 1.54) is 0 Å². The Hall–Kier alpha value is -1.44. The summed E-state index contributed by atoms with van der Waals surface area (Å²) < 4.78 is 11.0. The second-order valence-electron chi connectivity index (χ2n) is 3.30. The third kappa shape index (κ3) is 1.74. The summed E-state index contributed by atoms with van der Waals surface area (Å²) in [4.78, 5) is 0. The standard InChI is InChI=1S/C12H14O2/c1-2-3-8-13-11-6-4-5-10-7-9-14-12(10)11/h4-7,9H,2-3,8H2,1H3. The Morgan fingerprint density at radius 3 is 3.07 bits per heavy atom. The smallest absolute Gasteiger partial charge is 0.175 e. The molecule has 0 amide bonds. The maximum absolute atomic E-state index is 5.62. The van der Waals surface area contributed by atoms with Crippen molar-refractivity contribution in [2.24, 2.45) is 0 Å². The van der Waals surface area contributed by atoms with Crippen LogP contribution < -0.4 is 4.74 Å². The van der Waals surface area contributed by atoms with Crippen LogP contribution in [0.1, 0.15) is 19.8 Å². The van der Waals surface area contributed by atoms with E-state index >= 15 is 0 Å². The molecule has 2 heteroatoms. The molecule has 2 rings (SSSR count). The normalized spacial score (nSPS) is 10.6. The van der Waals surface area contributed by atoms with Gasteiger partial charge in [0.1, 0.15) is 0 Å². The van der Waals surface area contributed by atoms with Crippen LogP contribution in [-0.2, 0) is 0 Å². The number of hydrogen-bond acceptors (Lipinski definition) is 2. The molecule has 1 aromatic heterocycles. The van der Waals surface area contributed by atoms with Gasteiger partial charge in [0.25, 0.3) is 0 Å². The summed E-state index contributed by atoms with van der Waals surface area (Å²) in [5.74, 6) is 0.848. The monoisotopic (exact) mass is 190 g/mol. The molecular formula is C12H14O2. The van der Waals surface area contributed by atoms with E-state index in [0.717, 1.165) is 36.2 Å². The molecule has 0 N–H and O–H groups in total. The SMILES string of the molecule is CCCCOc1cccc2ccoc12. The average Bonchev–Trinajstić information content (AvgIpc) is 2.67. The van der Waals surface area contributed by atoms with Gasteiger partial charge in [0.2, 0.25) is 0 Å². The summed E-state index contributed by atoms with van der Waals surface area (Å²) in [5.41, 5.74) is 0.851. The molecule has 2 aromatic rings. The van der Waals surface area contributed by atoms with Crippen LogP contribution in [0.3, 0.4) is 0 Å². The zero-order chi connectivity index (χ0) is 9.80. The highest BCUT2D eigenvalue weighted by atomic mass is 16.5. The van der Waals surface area contributed by atoms with Gasteiger partial charge in [-0.3, -0.25) is 0 Å². The number of furan rings is 1. The summed E-state index contributed by atoms with van der Waals surface area (Å²) in [5, 5.41) is 1.10. The van der Waals surface area contributed by atoms with Crippen molar-refractivity contribution in [2.45, 2.75) is 19.8 Å². The van der Waals surface area contributed by atoms with Crippen molar-refractivity contribution in [2.75, 3.05) is 6.61 Å². The van der Waals surface area contributed by atoms with E-state index in [9.17, 15) is 0 Å². The fourth-order valence-electron chi connectivity index (χ4n) is 1.41. The Kier molecular flexibility index (Phi) is 2.73. The maximum Gasteiger partial charge on any atom is 0.175 e. The largest absolute Gasteiger partial charge is 0.490 e. The maximum atomic E-state index is 5.62. The number of para-hydroxylation sites is 1. The van der Waals surface area contributed by atoms with Gasteiger partial charge in [-0.1, -0.05) is 25.5 Å². The minimum atomic E-state index is 0.760. The third-order valence-corrected chi connectivity index (χ3v) is 2.20. The average molecular weight is 190 g/mol.